The van der Waals surface area contributed by atoms with Gasteiger partial charge in [0.15, 0.2) is 0 Å². The second kappa shape index (κ2) is 5.82. The fraction of sp³-hybridized carbons (Fsp3) is 0.167. The zero-order chi connectivity index (χ0) is 17.7. The number of H-pyrrole nitrogens is 1. The topological polar surface area (TPSA) is 70.9 Å². The summed E-state index contributed by atoms with van der Waals surface area (Å²) in [5.41, 5.74) is 7.55. The predicted molar refractivity (Wildman–Crippen MR) is 91.3 cm³/mol. The molecule has 0 spiro atoms. The second-order valence-corrected chi connectivity index (χ2v) is 6.54. The van der Waals surface area contributed by atoms with Crippen molar-refractivity contribution in [1.82, 2.24) is 10.3 Å². The molecule has 1 amide bonds. The molecule has 4 N–H and O–H groups in total. The van der Waals surface area contributed by atoms with Gasteiger partial charge in [-0.05, 0) is 30.2 Å². The number of para-hydroxylation sites is 1. The molecule has 2 atom stereocenters. The van der Waals surface area contributed by atoms with Gasteiger partial charge in [0, 0.05) is 27.2 Å². The Hall–Kier alpha value is -2.44. The summed E-state index contributed by atoms with van der Waals surface area (Å²) in [7, 11) is 0. The Morgan fingerprint density at radius 2 is 1.88 bits per heavy atom. The average molecular weight is 362 g/mol. The lowest BCUT2D eigenvalue weighted by atomic mass is 9.89. The maximum Gasteiger partial charge on any atom is 0.234 e. The molecule has 1 aliphatic heterocycles. The van der Waals surface area contributed by atoms with E-state index in [-0.39, 0.29) is 10.6 Å². The SMILES string of the molecule is NC(=O)[C@@H]1Cc2c([nH]c3ccccc23)[C@@H](c2c(F)cc(Cl)cc2F)N1. The lowest BCUT2D eigenvalue weighted by Gasteiger charge is -2.30. The van der Waals surface area contributed by atoms with Crippen molar-refractivity contribution in [3.8, 4) is 0 Å². The molecule has 0 saturated heterocycles. The van der Waals surface area contributed by atoms with E-state index in [1.165, 1.54) is 0 Å². The van der Waals surface area contributed by atoms with Crippen molar-refractivity contribution in [2.24, 2.45) is 5.73 Å². The Labute approximate surface area is 147 Å². The minimum atomic E-state index is -0.870. The van der Waals surface area contributed by atoms with Crippen LogP contribution in [0.1, 0.15) is 22.9 Å². The second-order valence-electron chi connectivity index (χ2n) is 6.10. The van der Waals surface area contributed by atoms with Gasteiger partial charge >= 0.3 is 0 Å². The zero-order valence-corrected chi connectivity index (χ0v) is 13.7. The van der Waals surface area contributed by atoms with E-state index in [2.05, 4.69) is 10.3 Å². The Bertz CT molecular complexity index is 978. The summed E-state index contributed by atoms with van der Waals surface area (Å²) in [4.78, 5) is 15.0. The average Bonchev–Trinajstić information content (AvgIpc) is 2.92. The summed E-state index contributed by atoms with van der Waals surface area (Å²) in [6, 6.07) is 8.02. The number of hydrogen-bond donors (Lipinski definition) is 3. The highest BCUT2D eigenvalue weighted by Crippen LogP contribution is 2.37. The van der Waals surface area contributed by atoms with Gasteiger partial charge in [0.1, 0.15) is 11.6 Å². The van der Waals surface area contributed by atoms with Crippen LogP contribution in [0.2, 0.25) is 5.02 Å². The Kier molecular flexibility index (Phi) is 3.74. The fourth-order valence-electron chi connectivity index (χ4n) is 3.47. The molecule has 3 aromatic rings. The third kappa shape index (κ3) is 2.58. The molecule has 2 aromatic carbocycles. The highest BCUT2D eigenvalue weighted by Gasteiger charge is 2.35. The summed E-state index contributed by atoms with van der Waals surface area (Å²) >= 11 is 5.72. The normalized spacial score (nSPS) is 19.8. The van der Waals surface area contributed by atoms with Crippen molar-refractivity contribution in [2.45, 2.75) is 18.5 Å². The first kappa shape index (κ1) is 16.1. The smallest absolute Gasteiger partial charge is 0.234 e. The van der Waals surface area contributed by atoms with Gasteiger partial charge in [0.05, 0.1) is 12.1 Å². The number of aromatic nitrogens is 1. The monoisotopic (exact) mass is 361 g/mol. The van der Waals surface area contributed by atoms with Crippen molar-refractivity contribution in [3.05, 3.63) is 69.9 Å². The number of carbonyl (C=O) groups is 1. The van der Waals surface area contributed by atoms with Crippen LogP contribution in [0, 0.1) is 11.6 Å². The van der Waals surface area contributed by atoms with Gasteiger partial charge in [-0.25, -0.2) is 8.78 Å². The highest BCUT2D eigenvalue weighted by atomic mass is 35.5. The van der Waals surface area contributed by atoms with E-state index in [1.807, 2.05) is 24.3 Å². The van der Waals surface area contributed by atoms with E-state index >= 15 is 0 Å². The molecule has 7 heteroatoms. The van der Waals surface area contributed by atoms with E-state index in [0.29, 0.717) is 12.1 Å². The van der Waals surface area contributed by atoms with Gasteiger partial charge in [0.25, 0.3) is 0 Å². The summed E-state index contributed by atoms with van der Waals surface area (Å²) in [5, 5.41) is 3.84. The molecule has 4 nitrogen and oxygen atoms in total. The third-order valence-corrected chi connectivity index (χ3v) is 4.81. The molecule has 128 valence electrons. The summed E-state index contributed by atoms with van der Waals surface area (Å²) < 4.78 is 29.0. The molecule has 4 rings (SSSR count). The number of benzene rings is 2. The molecule has 2 heterocycles. The summed E-state index contributed by atoms with van der Waals surface area (Å²) in [5.74, 6) is -2.13. The van der Waals surface area contributed by atoms with Crippen LogP contribution in [0.25, 0.3) is 10.9 Å². The Balaban J connectivity index is 1.96. The molecule has 1 aromatic heterocycles. The maximum atomic E-state index is 14.5. The van der Waals surface area contributed by atoms with Crippen LogP contribution >= 0.6 is 11.6 Å². The van der Waals surface area contributed by atoms with Crippen LogP contribution in [0.5, 0.6) is 0 Å². The van der Waals surface area contributed by atoms with Crippen molar-refractivity contribution < 1.29 is 13.6 Å². The molecule has 0 aliphatic carbocycles. The number of halogens is 3. The highest BCUT2D eigenvalue weighted by molar-refractivity contribution is 6.30. The molecule has 0 unspecified atom stereocenters. The van der Waals surface area contributed by atoms with Crippen LogP contribution in [0.15, 0.2) is 36.4 Å². The number of nitrogens with one attached hydrogen (secondary N) is 2. The zero-order valence-electron chi connectivity index (χ0n) is 12.9. The van der Waals surface area contributed by atoms with Gasteiger partial charge < -0.3 is 10.7 Å². The number of nitrogens with two attached hydrogens (primary N) is 1. The number of fused-ring (bicyclic) bond motifs is 3. The van der Waals surface area contributed by atoms with Gasteiger partial charge in [-0.15, -0.1) is 0 Å². The molecule has 25 heavy (non-hydrogen) atoms. The van der Waals surface area contributed by atoms with Gasteiger partial charge in [-0.1, -0.05) is 29.8 Å². The van der Waals surface area contributed by atoms with Crippen LogP contribution in [-0.2, 0) is 11.2 Å². The van der Waals surface area contributed by atoms with E-state index < -0.39 is 29.6 Å². The third-order valence-electron chi connectivity index (χ3n) is 4.59. The Morgan fingerprint density at radius 3 is 2.56 bits per heavy atom. The number of aromatic amines is 1. The van der Waals surface area contributed by atoms with Gasteiger partial charge in [0.2, 0.25) is 5.91 Å². The lowest BCUT2D eigenvalue weighted by molar-refractivity contribution is -0.120. The minimum absolute atomic E-state index is 0.0297. The van der Waals surface area contributed by atoms with Crippen LogP contribution in [0.4, 0.5) is 8.78 Å². The molecular formula is C18H14ClF2N3O. The van der Waals surface area contributed by atoms with Gasteiger partial charge in [-0.3, -0.25) is 10.1 Å². The van der Waals surface area contributed by atoms with Crippen molar-refractivity contribution in [2.75, 3.05) is 0 Å². The van der Waals surface area contributed by atoms with E-state index in [9.17, 15) is 13.6 Å². The van der Waals surface area contributed by atoms with Gasteiger partial charge in [-0.2, -0.15) is 0 Å². The molecule has 0 fully saturated rings. The van der Waals surface area contributed by atoms with Crippen LogP contribution < -0.4 is 11.1 Å². The van der Waals surface area contributed by atoms with Crippen molar-refractivity contribution in [3.63, 3.8) is 0 Å². The first-order chi connectivity index (χ1) is 12.0. The first-order valence-electron chi connectivity index (χ1n) is 7.75. The number of carbonyl (C=O) groups excluding carboxylic acids is 1. The largest absolute Gasteiger partial charge is 0.368 e. The summed E-state index contributed by atoms with van der Waals surface area (Å²) in [6.07, 6.45) is 0.349. The molecule has 0 bridgehead atoms. The van der Waals surface area contributed by atoms with E-state index in [1.54, 1.807) is 0 Å². The standard InChI is InChI=1S/C18H14ClF2N3O/c19-8-5-11(20)15(12(21)6-8)17-16-10(7-14(24-17)18(22)25)9-3-1-2-4-13(9)23-16/h1-6,14,17,23-24H,7H2,(H2,22,25)/t14-,17+/m0/s1. The minimum Gasteiger partial charge on any atom is -0.368 e. The van der Waals surface area contributed by atoms with E-state index in [0.717, 1.165) is 28.6 Å². The summed E-state index contributed by atoms with van der Waals surface area (Å²) in [6.45, 7) is 0. The quantitative estimate of drug-likeness (QED) is 0.656. The maximum absolute atomic E-state index is 14.5. The number of rotatable bonds is 2. The predicted octanol–water partition coefficient (Wildman–Crippen LogP) is 3.19. The lowest BCUT2D eigenvalue weighted by Crippen LogP contribution is -2.48. The Morgan fingerprint density at radius 1 is 1.20 bits per heavy atom. The molecule has 1 aliphatic rings. The fourth-order valence-corrected chi connectivity index (χ4v) is 3.67. The molecular weight excluding hydrogens is 348 g/mol. The van der Waals surface area contributed by atoms with Crippen molar-refractivity contribution in [1.29, 1.82) is 0 Å². The molecule has 0 saturated carbocycles. The number of primary amides is 1. The molecule has 0 radical (unpaired) electrons. The first-order valence-corrected chi connectivity index (χ1v) is 8.12. The van der Waals surface area contributed by atoms with Crippen LogP contribution in [0.3, 0.4) is 0 Å². The van der Waals surface area contributed by atoms with Crippen molar-refractivity contribution >= 4 is 28.4 Å². The number of hydrogen-bond acceptors (Lipinski definition) is 2. The van der Waals surface area contributed by atoms with Crippen LogP contribution in [-0.4, -0.2) is 16.9 Å². The van der Waals surface area contributed by atoms with E-state index in [4.69, 9.17) is 17.3 Å². The number of amides is 1.